The van der Waals surface area contributed by atoms with Crippen LogP contribution in [0, 0.1) is 0 Å². The summed E-state index contributed by atoms with van der Waals surface area (Å²) < 4.78 is 29.8. The molecule has 0 radical (unpaired) electrons. The molecule has 2 aromatic rings. The Bertz CT molecular complexity index is 838. The number of alkyl halides is 2. The highest BCUT2D eigenvalue weighted by Gasteiger charge is 2.24. The van der Waals surface area contributed by atoms with E-state index in [9.17, 15) is 18.4 Å². The van der Waals surface area contributed by atoms with Crippen LogP contribution in [0.15, 0.2) is 36.5 Å². The summed E-state index contributed by atoms with van der Waals surface area (Å²) >= 11 is 5.81. The minimum absolute atomic E-state index is 0.183. The summed E-state index contributed by atoms with van der Waals surface area (Å²) in [6, 6.07) is 7.39. The SMILES string of the molecule is CC(C)(C)OC(=O)Nc1ccc(Cl)c(CC(=O)O)n1.CC(F)(F)c1ccccn1. The van der Waals surface area contributed by atoms with Crippen LogP contribution < -0.4 is 5.32 Å². The number of carbonyl (C=O) groups excluding carboxylic acids is 1. The van der Waals surface area contributed by atoms with Crippen LogP contribution in [0.3, 0.4) is 0 Å². The molecule has 0 fully saturated rings. The number of carboxylic acid groups (broad SMARTS) is 1. The molecule has 0 unspecified atom stereocenters. The second-order valence-corrected chi connectivity index (χ2v) is 7.33. The van der Waals surface area contributed by atoms with Gasteiger partial charge >= 0.3 is 12.1 Å². The van der Waals surface area contributed by atoms with Crippen molar-refractivity contribution in [1.82, 2.24) is 9.97 Å². The lowest BCUT2D eigenvalue weighted by Gasteiger charge is -2.19. The number of nitrogens with zero attached hydrogens (tertiary/aromatic N) is 2. The van der Waals surface area contributed by atoms with E-state index in [1.165, 1.54) is 24.4 Å². The van der Waals surface area contributed by atoms with Crippen molar-refractivity contribution >= 4 is 29.5 Å². The summed E-state index contributed by atoms with van der Waals surface area (Å²) in [6.07, 6.45) is 0.374. The maximum Gasteiger partial charge on any atom is 0.413 e. The number of carbonyl (C=O) groups is 2. The molecule has 1 amide bonds. The Morgan fingerprint density at radius 2 is 1.83 bits per heavy atom. The Morgan fingerprint density at radius 3 is 2.28 bits per heavy atom. The highest BCUT2D eigenvalue weighted by Crippen LogP contribution is 2.23. The Labute approximate surface area is 172 Å². The number of halogens is 3. The van der Waals surface area contributed by atoms with Crippen molar-refractivity contribution in [3.8, 4) is 0 Å². The van der Waals surface area contributed by atoms with Gasteiger partial charge in [0, 0.05) is 13.1 Å². The molecule has 2 N–H and O–H groups in total. The number of anilines is 1. The first-order chi connectivity index (χ1) is 13.3. The van der Waals surface area contributed by atoms with E-state index in [-0.39, 0.29) is 28.6 Å². The summed E-state index contributed by atoms with van der Waals surface area (Å²) in [5.74, 6) is -3.68. The lowest BCUT2D eigenvalue weighted by molar-refractivity contribution is -0.136. The number of ether oxygens (including phenoxy) is 1. The lowest BCUT2D eigenvalue weighted by atomic mass is 10.2. The van der Waals surface area contributed by atoms with Crippen molar-refractivity contribution in [3.05, 3.63) is 52.9 Å². The lowest BCUT2D eigenvalue weighted by Crippen LogP contribution is -2.27. The topological polar surface area (TPSA) is 101 Å². The van der Waals surface area contributed by atoms with Crippen molar-refractivity contribution in [1.29, 1.82) is 0 Å². The number of carboxylic acids is 1. The molecule has 0 atom stereocenters. The molecule has 7 nitrogen and oxygen atoms in total. The average molecular weight is 430 g/mol. The molecule has 2 heterocycles. The Morgan fingerprint density at radius 1 is 1.17 bits per heavy atom. The molecule has 0 aliphatic rings. The van der Waals surface area contributed by atoms with Crippen LogP contribution in [0.2, 0.25) is 5.02 Å². The maximum atomic E-state index is 12.4. The summed E-state index contributed by atoms with van der Waals surface area (Å²) in [7, 11) is 0. The van der Waals surface area contributed by atoms with Crippen LogP contribution in [0.1, 0.15) is 39.1 Å². The van der Waals surface area contributed by atoms with Gasteiger partial charge in [-0.2, -0.15) is 8.78 Å². The van der Waals surface area contributed by atoms with Gasteiger partial charge in [-0.05, 0) is 45.0 Å². The van der Waals surface area contributed by atoms with E-state index in [0.29, 0.717) is 0 Å². The van der Waals surface area contributed by atoms with Crippen LogP contribution in [0.25, 0.3) is 0 Å². The van der Waals surface area contributed by atoms with Gasteiger partial charge in [-0.25, -0.2) is 9.78 Å². The molecule has 2 aromatic heterocycles. The zero-order chi connectivity index (χ0) is 22.2. The Kier molecular flexibility index (Phi) is 8.44. The monoisotopic (exact) mass is 429 g/mol. The summed E-state index contributed by atoms with van der Waals surface area (Å²) in [5, 5.41) is 11.4. The number of rotatable bonds is 4. The first kappa shape index (κ1) is 24.2. The molecule has 0 aliphatic heterocycles. The van der Waals surface area contributed by atoms with Gasteiger partial charge in [0.25, 0.3) is 5.92 Å². The highest BCUT2D eigenvalue weighted by atomic mass is 35.5. The smallest absolute Gasteiger partial charge is 0.413 e. The quantitative estimate of drug-likeness (QED) is 0.716. The molecule has 0 saturated carbocycles. The first-order valence-electron chi connectivity index (χ1n) is 8.44. The average Bonchev–Trinajstić information content (AvgIpc) is 2.56. The maximum absolute atomic E-state index is 12.4. The van der Waals surface area contributed by atoms with Crippen molar-refractivity contribution in [2.75, 3.05) is 5.32 Å². The third-order valence-electron chi connectivity index (χ3n) is 2.98. The van der Waals surface area contributed by atoms with E-state index in [2.05, 4.69) is 15.3 Å². The van der Waals surface area contributed by atoms with E-state index >= 15 is 0 Å². The van der Waals surface area contributed by atoms with E-state index in [4.69, 9.17) is 21.4 Å². The van der Waals surface area contributed by atoms with Gasteiger partial charge in [-0.3, -0.25) is 15.1 Å². The van der Waals surface area contributed by atoms with E-state index in [0.717, 1.165) is 6.92 Å². The number of aliphatic carboxylic acids is 1. The fraction of sp³-hybridized carbons (Fsp3) is 0.368. The molecule has 10 heteroatoms. The van der Waals surface area contributed by atoms with Gasteiger partial charge in [0.15, 0.2) is 0 Å². The van der Waals surface area contributed by atoms with Crippen molar-refractivity contribution in [2.45, 2.75) is 45.6 Å². The van der Waals surface area contributed by atoms with Gasteiger partial charge in [-0.15, -0.1) is 0 Å². The van der Waals surface area contributed by atoms with Crippen molar-refractivity contribution in [2.24, 2.45) is 0 Å². The second kappa shape index (κ2) is 10.1. The van der Waals surface area contributed by atoms with Gasteiger partial charge in [0.2, 0.25) is 0 Å². The van der Waals surface area contributed by atoms with Gasteiger partial charge in [-0.1, -0.05) is 17.7 Å². The predicted octanol–water partition coefficient (Wildman–Crippen LogP) is 4.90. The zero-order valence-electron chi connectivity index (χ0n) is 16.4. The molecule has 2 rings (SSSR count). The fourth-order valence-electron chi connectivity index (χ4n) is 1.85. The van der Waals surface area contributed by atoms with E-state index in [1.807, 2.05) is 0 Å². The van der Waals surface area contributed by atoms with Crippen molar-refractivity contribution in [3.63, 3.8) is 0 Å². The van der Waals surface area contributed by atoms with Gasteiger partial charge < -0.3 is 9.84 Å². The number of hydrogen-bond acceptors (Lipinski definition) is 5. The largest absolute Gasteiger partial charge is 0.481 e. The normalized spacial score (nSPS) is 11.1. The van der Waals surface area contributed by atoms with Gasteiger partial charge in [0.05, 0.1) is 17.1 Å². The second-order valence-electron chi connectivity index (χ2n) is 6.93. The van der Waals surface area contributed by atoms with Crippen LogP contribution in [0.4, 0.5) is 19.4 Å². The number of hydrogen-bond donors (Lipinski definition) is 2. The molecule has 0 aliphatic carbocycles. The zero-order valence-corrected chi connectivity index (χ0v) is 17.1. The Balaban J connectivity index is 0.000000352. The molecule has 0 saturated heterocycles. The molecular weight excluding hydrogens is 408 g/mol. The number of nitrogens with one attached hydrogen (secondary N) is 1. The summed E-state index contributed by atoms with van der Waals surface area (Å²) in [6.45, 7) is 6.03. The first-order valence-corrected chi connectivity index (χ1v) is 8.82. The fourth-order valence-corrected chi connectivity index (χ4v) is 2.02. The molecule has 29 heavy (non-hydrogen) atoms. The molecular formula is C19H22ClF2N3O4. The van der Waals surface area contributed by atoms with Crippen LogP contribution in [-0.4, -0.2) is 32.7 Å². The highest BCUT2D eigenvalue weighted by molar-refractivity contribution is 6.31. The van der Waals surface area contributed by atoms with Crippen LogP contribution >= 0.6 is 11.6 Å². The third kappa shape index (κ3) is 9.79. The number of pyridine rings is 2. The van der Waals surface area contributed by atoms with Gasteiger partial charge in [0.1, 0.15) is 17.1 Å². The minimum atomic E-state index is -2.82. The van der Waals surface area contributed by atoms with E-state index in [1.54, 1.807) is 32.9 Å². The van der Waals surface area contributed by atoms with Crippen LogP contribution in [-0.2, 0) is 21.9 Å². The number of aromatic nitrogens is 2. The minimum Gasteiger partial charge on any atom is -0.481 e. The van der Waals surface area contributed by atoms with Crippen molar-refractivity contribution < 1.29 is 28.2 Å². The van der Waals surface area contributed by atoms with Crippen LogP contribution in [0.5, 0.6) is 0 Å². The number of amides is 1. The summed E-state index contributed by atoms with van der Waals surface area (Å²) in [4.78, 5) is 29.6. The molecule has 158 valence electrons. The summed E-state index contributed by atoms with van der Waals surface area (Å²) in [5.41, 5.74) is -0.627. The standard InChI is InChI=1S/C12H15ClN2O4.C7H7F2N/c1-12(2,3)19-11(18)15-9-5-4-7(13)8(14-9)6-10(16)17;1-7(8,9)6-4-2-3-5-10-6/h4-5H,6H2,1-3H3,(H,16,17)(H,14,15,18);2-5H,1H3. The third-order valence-corrected chi connectivity index (χ3v) is 3.33. The molecule has 0 spiro atoms. The Hall–Kier alpha value is -2.81. The molecule has 0 bridgehead atoms. The molecule has 0 aromatic carbocycles. The van der Waals surface area contributed by atoms with E-state index < -0.39 is 23.6 Å². The predicted molar refractivity (Wildman–Crippen MR) is 104 cm³/mol.